The summed E-state index contributed by atoms with van der Waals surface area (Å²) in [5.74, 6) is -1.55. The van der Waals surface area contributed by atoms with Crippen LogP contribution in [0.25, 0.3) is 11.1 Å². The molecule has 0 saturated heterocycles. The average Bonchev–Trinajstić information content (AvgIpc) is 3.51. The summed E-state index contributed by atoms with van der Waals surface area (Å²) in [4.78, 5) is 36.3. The van der Waals surface area contributed by atoms with E-state index in [0.717, 1.165) is 28.2 Å². The van der Waals surface area contributed by atoms with Crippen molar-refractivity contribution in [1.82, 2.24) is 15.1 Å². The summed E-state index contributed by atoms with van der Waals surface area (Å²) in [6.45, 7) is 5.20. The lowest BCUT2D eigenvalue weighted by atomic mass is 9.95. The molecule has 0 fully saturated rings. The number of carbonyl (C=O) groups is 3. The number of anilines is 1. The largest absolute Gasteiger partial charge is 0.497 e. The number of methoxy groups -OCH3 is 1. The van der Waals surface area contributed by atoms with Gasteiger partial charge in [0.25, 0.3) is 5.91 Å². The summed E-state index contributed by atoms with van der Waals surface area (Å²) in [5.41, 5.74) is 3.14. The molecule has 3 aromatic rings. The Morgan fingerprint density at radius 2 is 1.86 bits per heavy atom. The number of benzene rings is 2. The lowest BCUT2D eigenvalue weighted by molar-refractivity contribution is -0.192. The number of aliphatic carboxylic acids is 1. The number of likely N-dealkylation sites (N-methyl/N-ethyl adjacent to an activating group) is 1. The Balaban J connectivity index is 0.000000616. The van der Waals surface area contributed by atoms with Gasteiger partial charge in [0.05, 0.1) is 24.9 Å². The number of carbonyl (C=O) groups excluding carboxylic acids is 2. The zero-order chi connectivity index (χ0) is 30.9. The van der Waals surface area contributed by atoms with Gasteiger partial charge in [-0.3, -0.25) is 14.7 Å². The van der Waals surface area contributed by atoms with E-state index in [4.69, 9.17) is 24.1 Å². The van der Waals surface area contributed by atoms with Crippen LogP contribution in [0.5, 0.6) is 17.2 Å². The Morgan fingerprint density at radius 3 is 2.45 bits per heavy atom. The predicted molar refractivity (Wildman–Crippen MR) is 145 cm³/mol. The minimum absolute atomic E-state index is 0.118. The number of nitrogens with one attached hydrogen (secondary N) is 2. The molecule has 14 heteroatoms. The number of hydrogen-bond donors (Lipinski definition) is 3. The smallest absolute Gasteiger partial charge is 0.490 e. The number of hydrogen-bond acceptors (Lipinski definition) is 7. The summed E-state index contributed by atoms with van der Waals surface area (Å²) in [7, 11) is 1.61. The summed E-state index contributed by atoms with van der Waals surface area (Å²) in [6, 6.07) is 11.0. The Hall–Kier alpha value is -4.75. The van der Waals surface area contributed by atoms with Crippen molar-refractivity contribution in [3.8, 4) is 28.4 Å². The monoisotopic (exact) mass is 592 g/mol. The van der Waals surface area contributed by atoms with Crippen molar-refractivity contribution >= 4 is 23.5 Å². The molecule has 226 valence electrons. The first-order valence-electron chi connectivity index (χ1n) is 12.9. The molecular weight excluding hydrogens is 561 g/mol. The third-order valence-corrected chi connectivity index (χ3v) is 6.33. The molecule has 0 spiro atoms. The highest BCUT2D eigenvalue weighted by molar-refractivity contribution is 5.95. The maximum Gasteiger partial charge on any atom is 0.490 e. The number of nitrogens with zero attached hydrogens (tertiary/aromatic N) is 2. The molecule has 0 radical (unpaired) electrons. The van der Waals surface area contributed by atoms with Crippen molar-refractivity contribution in [3.05, 3.63) is 54.4 Å². The number of amides is 2. The van der Waals surface area contributed by atoms with Crippen LogP contribution in [0.15, 0.2) is 48.8 Å². The predicted octanol–water partition coefficient (Wildman–Crippen LogP) is 4.16. The van der Waals surface area contributed by atoms with Gasteiger partial charge in [0.1, 0.15) is 23.9 Å². The first-order valence-corrected chi connectivity index (χ1v) is 12.9. The normalized spacial score (nSPS) is 13.9. The first-order chi connectivity index (χ1) is 20.0. The molecule has 0 saturated carbocycles. The van der Waals surface area contributed by atoms with Crippen molar-refractivity contribution in [3.63, 3.8) is 0 Å². The summed E-state index contributed by atoms with van der Waals surface area (Å²) in [5, 5.41) is 16.9. The van der Waals surface area contributed by atoms with Crippen LogP contribution in [0.4, 0.5) is 18.9 Å². The maximum atomic E-state index is 13.2. The minimum Gasteiger partial charge on any atom is -0.497 e. The van der Waals surface area contributed by atoms with Gasteiger partial charge in [0.15, 0.2) is 6.61 Å². The van der Waals surface area contributed by atoms with Crippen LogP contribution in [-0.2, 0) is 20.8 Å². The molecule has 42 heavy (non-hydrogen) atoms. The van der Waals surface area contributed by atoms with Crippen molar-refractivity contribution in [2.75, 3.05) is 38.7 Å². The molecule has 1 aromatic heterocycles. The Labute approximate surface area is 239 Å². The van der Waals surface area contributed by atoms with Gasteiger partial charge < -0.3 is 29.5 Å². The second-order valence-electron chi connectivity index (χ2n) is 9.03. The summed E-state index contributed by atoms with van der Waals surface area (Å²) >= 11 is 0. The van der Waals surface area contributed by atoms with Gasteiger partial charge in [-0.05, 0) is 61.7 Å². The van der Waals surface area contributed by atoms with Crippen LogP contribution >= 0.6 is 0 Å². The lowest BCUT2D eigenvalue weighted by Crippen LogP contribution is -2.35. The fourth-order valence-electron chi connectivity index (χ4n) is 4.04. The zero-order valence-corrected chi connectivity index (χ0v) is 23.2. The minimum atomic E-state index is -5.08. The van der Waals surface area contributed by atoms with Crippen LogP contribution in [0.2, 0.25) is 0 Å². The highest BCUT2D eigenvalue weighted by atomic mass is 19.4. The van der Waals surface area contributed by atoms with Gasteiger partial charge in [-0.1, -0.05) is 6.07 Å². The van der Waals surface area contributed by atoms with Gasteiger partial charge in [0, 0.05) is 24.8 Å². The number of alkyl halides is 3. The van der Waals surface area contributed by atoms with E-state index in [-0.39, 0.29) is 30.9 Å². The zero-order valence-electron chi connectivity index (χ0n) is 23.2. The Bertz CT molecular complexity index is 1380. The van der Waals surface area contributed by atoms with Crippen LogP contribution in [-0.4, -0.2) is 77.6 Å². The highest BCUT2D eigenvalue weighted by Crippen LogP contribution is 2.34. The van der Waals surface area contributed by atoms with E-state index in [1.165, 1.54) is 0 Å². The quantitative estimate of drug-likeness (QED) is 0.336. The van der Waals surface area contributed by atoms with Gasteiger partial charge >= 0.3 is 12.1 Å². The molecule has 2 heterocycles. The van der Waals surface area contributed by atoms with Crippen molar-refractivity contribution in [2.45, 2.75) is 26.4 Å². The number of aromatic amines is 1. The van der Waals surface area contributed by atoms with Crippen molar-refractivity contribution < 1.29 is 46.9 Å². The molecule has 2 amide bonds. The van der Waals surface area contributed by atoms with Crippen LogP contribution in [0, 0.1) is 5.92 Å². The molecule has 1 atom stereocenters. The van der Waals surface area contributed by atoms with Crippen molar-refractivity contribution in [1.29, 1.82) is 0 Å². The molecular formula is C28H31F3N4O7. The second-order valence-corrected chi connectivity index (χ2v) is 9.03. The molecule has 0 bridgehead atoms. The number of rotatable bonds is 9. The summed E-state index contributed by atoms with van der Waals surface area (Å²) in [6.07, 6.45) is -1.09. The molecule has 0 aliphatic carbocycles. The fraction of sp³-hybridized carbons (Fsp3) is 0.357. The summed E-state index contributed by atoms with van der Waals surface area (Å²) < 4.78 is 48.8. The van der Waals surface area contributed by atoms with Gasteiger partial charge in [0.2, 0.25) is 5.91 Å². The van der Waals surface area contributed by atoms with E-state index >= 15 is 0 Å². The molecule has 1 unspecified atom stereocenters. The first kappa shape index (κ1) is 31.8. The van der Waals surface area contributed by atoms with E-state index in [0.29, 0.717) is 30.9 Å². The highest BCUT2D eigenvalue weighted by Gasteiger charge is 2.38. The number of carboxylic acids is 1. The van der Waals surface area contributed by atoms with Gasteiger partial charge in [-0.2, -0.15) is 18.3 Å². The second kappa shape index (κ2) is 14.2. The average molecular weight is 593 g/mol. The van der Waals surface area contributed by atoms with E-state index in [2.05, 4.69) is 15.5 Å². The van der Waals surface area contributed by atoms with Crippen molar-refractivity contribution in [2.24, 2.45) is 5.92 Å². The fourth-order valence-corrected chi connectivity index (χ4v) is 4.04. The lowest BCUT2D eigenvalue weighted by Gasteiger charge is -2.25. The maximum absolute atomic E-state index is 13.2. The molecule has 3 N–H and O–H groups in total. The number of aromatic nitrogens is 2. The van der Waals surface area contributed by atoms with Crippen LogP contribution in [0.3, 0.4) is 0 Å². The number of ether oxygens (including phenoxy) is 3. The topological polar surface area (TPSA) is 143 Å². The third-order valence-electron chi connectivity index (χ3n) is 6.33. The SMILES string of the molecule is CCN(CC)C(=O)COc1cc(-c2cn[nH]c2)ccc1NC(=O)C1COc2ccc(OC)cc2C1.O=C(O)C(F)(F)F. The number of halogens is 3. The number of fused-ring (bicyclic) bond motifs is 1. The standard InChI is InChI=1S/C26H30N4O5.C2HF3O2/c1-4-30(5-2)25(31)16-35-24-12-17(20-13-27-28-14-20)6-8-22(24)29-26(32)19-10-18-11-21(33-3)7-9-23(18)34-15-19;3-2(4,5)1(6)7/h6-9,11-14,19H,4-5,10,15-16H2,1-3H3,(H,27,28)(H,29,32);(H,6,7). The van der Waals surface area contributed by atoms with Crippen LogP contribution in [0.1, 0.15) is 19.4 Å². The van der Waals surface area contributed by atoms with E-state index in [1.807, 2.05) is 38.1 Å². The van der Waals surface area contributed by atoms with E-state index in [1.54, 1.807) is 36.5 Å². The Kier molecular flexibility index (Phi) is 10.8. The van der Waals surface area contributed by atoms with E-state index < -0.39 is 12.1 Å². The molecule has 11 nitrogen and oxygen atoms in total. The molecule has 1 aliphatic heterocycles. The van der Waals surface area contributed by atoms with E-state index in [9.17, 15) is 22.8 Å². The molecule has 2 aromatic carbocycles. The molecule has 1 aliphatic rings. The van der Waals surface area contributed by atoms with Gasteiger partial charge in [-0.25, -0.2) is 4.79 Å². The molecule has 4 rings (SSSR count). The number of carboxylic acid groups (broad SMARTS) is 1. The third kappa shape index (κ3) is 8.38. The Morgan fingerprint density at radius 1 is 1.14 bits per heavy atom. The number of H-pyrrole nitrogens is 1. The van der Waals surface area contributed by atoms with Crippen LogP contribution < -0.4 is 19.5 Å². The van der Waals surface area contributed by atoms with Gasteiger partial charge in [-0.15, -0.1) is 0 Å².